The lowest BCUT2D eigenvalue weighted by Gasteiger charge is -2.09. The molecule has 0 saturated heterocycles. The van der Waals surface area contributed by atoms with Crippen LogP contribution in [-0.4, -0.2) is 24.3 Å². The highest BCUT2D eigenvalue weighted by Gasteiger charge is 2.05. The molecule has 88 valence electrons. The van der Waals surface area contributed by atoms with Crippen LogP contribution in [0.5, 0.6) is 0 Å². The van der Waals surface area contributed by atoms with E-state index in [1.165, 1.54) is 0 Å². The topological polar surface area (TPSA) is 50.7 Å². The molecule has 0 radical (unpaired) electrons. The minimum absolute atomic E-state index is 0.00556. The van der Waals surface area contributed by atoms with E-state index in [2.05, 4.69) is 24.3 Å². The zero-order valence-electron chi connectivity index (χ0n) is 10.3. The zero-order valence-corrected chi connectivity index (χ0v) is 10.3. The van der Waals surface area contributed by atoms with Crippen molar-refractivity contribution in [3.05, 3.63) is 0 Å². The number of amides is 1. The average molecular weight is 214 g/mol. The predicted molar refractivity (Wildman–Crippen MR) is 61.8 cm³/mol. The van der Waals surface area contributed by atoms with E-state index in [-0.39, 0.29) is 18.6 Å². The van der Waals surface area contributed by atoms with Gasteiger partial charge in [0, 0.05) is 6.04 Å². The van der Waals surface area contributed by atoms with E-state index < -0.39 is 0 Å². The van der Waals surface area contributed by atoms with Gasteiger partial charge in [-0.25, -0.2) is 0 Å². The molecule has 0 aromatic carbocycles. The standard InChI is InChI=1S/C11H22N2O2/c1-6-10(8(2)3)13-15-7-11(14)12-9(4)5/h8-9H,6-7H2,1-5H3,(H,12,14)/b13-10-. The molecule has 0 bridgehead atoms. The number of hydrogen-bond donors (Lipinski definition) is 1. The van der Waals surface area contributed by atoms with Crippen LogP contribution in [0.4, 0.5) is 0 Å². The van der Waals surface area contributed by atoms with Crippen LogP contribution in [0.1, 0.15) is 41.0 Å². The van der Waals surface area contributed by atoms with Crippen LogP contribution in [0.15, 0.2) is 5.16 Å². The monoisotopic (exact) mass is 214 g/mol. The summed E-state index contributed by atoms with van der Waals surface area (Å²) >= 11 is 0. The molecular weight excluding hydrogens is 192 g/mol. The minimum Gasteiger partial charge on any atom is -0.386 e. The summed E-state index contributed by atoms with van der Waals surface area (Å²) in [4.78, 5) is 16.2. The van der Waals surface area contributed by atoms with Gasteiger partial charge in [-0.3, -0.25) is 4.79 Å². The molecule has 0 unspecified atom stereocenters. The molecule has 1 N–H and O–H groups in total. The first-order chi connectivity index (χ1) is 6.97. The second-order valence-corrected chi connectivity index (χ2v) is 4.09. The van der Waals surface area contributed by atoms with E-state index >= 15 is 0 Å². The number of carbonyl (C=O) groups is 1. The lowest BCUT2D eigenvalue weighted by Crippen LogP contribution is -2.32. The van der Waals surface area contributed by atoms with E-state index in [1.54, 1.807) is 0 Å². The third-order valence-corrected chi connectivity index (χ3v) is 1.86. The van der Waals surface area contributed by atoms with Crippen LogP contribution in [0.3, 0.4) is 0 Å². The van der Waals surface area contributed by atoms with Crippen LogP contribution >= 0.6 is 0 Å². The van der Waals surface area contributed by atoms with E-state index in [0.29, 0.717) is 5.92 Å². The lowest BCUT2D eigenvalue weighted by molar-refractivity contribution is -0.126. The van der Waals surface area contributed by atoms with Crippen molar-refractivity contribution in [3.63, 3.8) is 0 Å². The molecule has 0 rings (SSSR count). The summed E-state index contributed by atoms with van der Waals surface area (Å²) in [5.74, 6) is 0.233. The van der Waals surface area contributed by atoms with Crippen molar-refractivity contribution < 1.29 is 9.63 Å². The van der Waals surface area contributed by atoms with Crippen LogP contribution < -0.4 is 5.32 Å². The van der Waals surface area contributed by atoms with E-state index in [9.17, 15) is 4.79 Å². The quantitative estimate of drug-likeness (QED) is 0.542. The van der Waals surface area contributed by atoms with Crippen LogP contribution in [0.2, 0.25) is 0 Å². The number of nitrogens with zero attached hydrogens (tertiary/aromatic N) is 1. The summed E-state index contributed by atoms with van der Waals surface area (Å²) in [5, 5.41) is 6.68. The largest absolute Gasteiger partial charge is 0.386 e. The Morgan fingerprint density at radius 3 is 2.33 bits per heavy atom. The van der Waals surface area contributed by atoms with Crippen molar-refractivity contribution in [1.82, 2.24) is 5.32 Å². The van der Waals surface area contributed by atoms with Gasteiger partial charge in [-0.15, -0.1) is 0 Å². The van der Waals surface area contributed by atoms with Gasteiger partial charge in [0.25, 0.3) is 5.91 Å². The normalized spacial score (nSPS) is 12.1. The molecule has 1 amide bonds. The highest BCUT2D eigenvalue weighted by Crippen LogP contribution is 2.01. The fourth-order valence-electron chi connectivity index (χ4n) is 1.12. The molecule has 4 nitrogen and oxygen atoms in total. The van der Waals surface area contributed by atoms with Gasteiger partial charge >= 0.3 is 0 Å². The number of oxime groups is 1. The highest BCUT2D eigenvalue weighted by molar-refractivity contribution is 5.85. The van der Waals surface area contributed by atoms with E-state index in [4.69, 9.17) is 4.84 Å². The number of hydrogen-bond acceptors (Lipinski definition) is 3. The first-order valence-corrected chi connectivity index (χ1v) is 5.45. The minimum atomic E-state index is -0.132. The van der Waals surface area contributed by atoms with Crippen LogP contribution in [0, 0.1) is 5.92 Å². The molecule has 0 aliphatic rings. The Hall–Kier alpha value is -1.06. The molecule has 0 aliphatic carbocycles. The molecule has 4 heteroatoms. The summed E-state index contributed by atoms with van der Waals surface area (Å²) in [7, 11) is 0. The Morgan fingerprint density at radius 1 is 1.33 bits per heavy atom. The summed E-state index contributed by atoms with van der Waals surface area (Å²) < 4.78 is 0. The predicted octanol–water partition coefficient (Wildman–Crippen LogP) is 1.95. The van der Waals surface area contributed by atoms with Crippen LogP contribution in [-0.2, 0) is 9.63 Å². The van der Waals surface area contributed by atoms with Crippen molar-refractivity contribution in [2.24, 2.45) is 11.1 Å². The van der Waals surface area contributed by atoms with Gasteiger partial charge < -0.3 is 10.2 Å². The van der Waals surface area contributed by atoms with Gasteiger partial charge in [-0.1, -0.05) is 25.9 Å². The third kappa shape index (κ3) is 6.94. The summed E-state index contributed by atoms with van der Waals surface area (Å²) in [6.45, 7) is 9.95. The molecule has 0 spiro atoms. The van der Waals surface area contributed by atoms with Crippen molar-refractivity contribution in [3.8, 4) is 0 Å². The molecular formula is C11H22N2O2. The summed E-state index contributed by atoms with van der Waals surface area (Å²) in [5.41, 5.74) is 0.979. The number of nitrogens with one attached hydrogen (secondary N) is 1. The average Bonchev–Trinajstić information content (AvgIpc) is 2.10. The SMILES string of the molecule is CC/C(=N/OCC(=O)NC(C)C)C(C)C. The third-order valence-electron chi connectivity index (χ3n) is 1.86. The fraction of sp³-hybridized carbons (Fsp3) is 0.818. The second-order valence-electron chi connectivity index (χ2n) is 4.09. The van der Waals surface area contributed by atoms with Crippen molar-refractivity contribution >= 4 is 11.6 Å². The Labute approximate surface area is 92.1 Å². The maximum atomic E-state index is 11.2. The first kappa shape index (κ1) is 13.9. The van der Waals surface area contributed by atoms with Gasteiger partial charge in [0.2, 0.25) is 0 Å². The lowest BCUT2D eigenvalue weighted by atomic mass is 10.1. The Bertz CT molecular complexity index is 223. The van der Waals surface area contributed by atoms with Gasteiger partial charge in [0.1, 0.15) is 0 Å². The fourth-order valence-corrected chi connectivity index (χ4v) is 1.12. The maximum Gasteiger partial charge on any atom is 0.260 e. The Morgan fingerprint density at radius 2 is 1.93 bits per heavy atom. The Kier molecular flexibility index (Phi) is 6.75. The van der Waals surface area contributed by atoms with Gasteiger partial charge in [-0.2, -0.15) is 0 Å². The highest BCUT2D eigenvalue weighted by atomic mass is 16.6. The smallest absolute Gasteiger partial charge is 0.260 e. The summed E-state index contributed by atoms with van der Waals surface area (Å²) in [6.07, 6.45) is 0.851. The zero-order chi connectivity index (χ0) is 11.8. The van der Waals surface area contributed by atoms with Crippen molar-refractivity contribution in [2.75, 3.05) is 6.61 Å². The molecule has 0 fully saturated rings. The molecule has 0 heterocycles. The Balaban J connectivity index is 3.90. The molecule has 15 heavy (non-hydrogen) atoms. The summed E-state index contributed by atoms with van der Waals surface area (Å²) in [6, 6.07) is 0.140. The van der Waals surface area contributed by atoms with Gasteiger partial charge in [0.15, 0.2) is 6.61 Å². The van der Waals surface area contributed by atoms with E-state index in [1.807, 2.05) is 20.8 Å². The molecule has 0 atom stereocenters. The molecule has 0 aromatic heterocycles. The van der Waals surface area contributed by atoms with Crippen molar-refractivity contribution in [1.29, 1.82) is 0 Å². The first-order valence-electron chi connectivity index (χ1n) is 5.45. The van der Waals surface area contributed by atoms with E-state index in [0.717, 1.165) is 12.1 Å². The van der Waals surface area contributed by atoms with Crippen LogP contribution in [0.25, 0.3) is 0 Å². The molecule has 0 aliphatic heterocycles. The molecule has 0 aromatic rings. The van der Waals surface area contributed by atoms with Gasteiger partial charge in [0.05, 0.1) is 5.71 Å². The van der Waals surface area contributed by atoms with Crippen molar-refractivity contribution in [2.45, 2.75) is 47.1 Å². The maximum absolute atomic E-state index is 11.2. The molecule has 0 saturated carbocycles. The number of rotatable bonds is 6. The second kappa shape index (κ2) is 7.26. The number of carbonyl (C=O) groups excluding carboxylic acids is 1. The van der Waals surface area contributed by atoms with Gasteiger partial charge in [-0.05, 0) is 26.2 Å².